The van der Waals surface area contributed by atoms with Gasteiger partial charge in [-0.05, 0) is 34.9 Å². The van der Waals surface area contributed by atoms with Gasteiger partial charge >= 0.3 is 0 Å². The summed E-state index contributed by atoms with van der Waals surface area (Å²) in [6, 6.07) is 21.3. The zero-order valence-corrected chi connectivity index (χ0v) is 16.8. The Morgan fingerprint density at radius 2 is 1.52 bits per heavy atom. The molecule has 29 heavy (non-hydrogen) atoms. The molecule has 0 heterocycles. The van der Waals surface area contributed by atoms with E-state index in [2.05, 4.69) is 22.8 Å². The molecule has 150 valence electrons. The molecular weight excluding hydrogens is 362 g/mol. The topological polar surface area (TPSA) is 84.2 Å². The van der Waals surface area contributed by atoms with Gasteiger partial charge in [-0.2, -0.15) is 0 Å². The Hall–Kier alpha value is -3.18. The monoisotopic (exact) mass is 389 g/mol. The first-order valence-corrected chi connectivity index (χ1v) is 9.78. The van der Waals surface area contributed by atoms with Gasteiger partial charge in [-0.25, -0.2) is 0 Å². The summed E-state index contributed by atoms with van der Waals surface area (Å²) in [6.07, 6.45) is 0.146. The van der Waals surface area contributed by atoms with Crippen LogP contribution >= 0.6 is 0 Å². The number of carbonyl (C=O) groups is 2. The second kappa shape index (κ2) is 9.34. The van der Waals surface area contributed by atoms with E-state index in [1.165, 1.54) is 6.92 Å². The van der Waals surface area contributed by atoms with Crippen LogP contribution in [-0.2, 0) is 9.59 Å². The van der Waals surface area contributed by atoms with Crippen molar-refractivity contribution >= 4 is 22.6 Å². The predicted molar refractivity (Wildman–Crippen MR) is 116 cm³/mol. The highest BCUT2D eigenvalue weighted by Crippen LogP contribution is 2.22. The van der Waals surface area contributed by atoms with Crippen molar-refractivity contribution in [2.24, 2.45) is 5.73 Å². The van der Waals surface area contributed by atoms with Crippen molar-refractivity contribution in [3.63, 3.8) is 0 Å². The van der Waals surface area contributed by atoms with Gasteiger partial charge in [-0.15, -0.1) is 0 Å². The van der Waals surface area contributed by atoms with Gasteiger partial charge in [0.15, 0.2) is 0 Å². The summed E-state index contributed by atoms with van der Waals surface area (Å²) in [5, 5.41) is 8.14. The van der Waals surface area contributed by atoms with Gasteiger partial charge in [0.2, 0.25) is 11.8 Å². The summed E-state index contributed by atoms with van der Waals surface area (Å²) in [7, 11) is 0. The molecule has 0 aliphatic rings. The van der Waals surface area contributed by atoms with Crippen molar-refractivity contribution in [2.75, 3.05) is 6.54 Å². The summed E-state index contributed by atoms with van der Waals surface area (Å²) in [6.45, 7) is 3.75. The van der Waals surface area contributed by atoms with Crippen LogP contribution in [0, 0.1) is 6.92 Å². The third kappa shape index (κ3) is 5.42. The van der Waals surface area contributed by atoms with Crippen molar-refractivity contribution in [3.8, 4) is 0 Å². The lowest BCUT2D eigenvalue weighted by molar-refractivity contribution is -0.123. The highest BCUT2D eigenvalue weighted by Gasteiger charge is 2.20. The van der Waals surface area contributed by atoms with Crippen LogP contribution in [0.1, 0.15) is 42.1 Å². The van der Waals surface area contributed by atoms with Crippen LogP contribution in [0.4, 0.5) is 0 Å². The molecule has 3 aromatic rings. The molecule has 0 spiro atoms. The summed E-state index contributed by atoms with van der Waals surface area (Å²) in [5.74, 6) is -0.332. The third-order valence-corrected chi connectivity index (χ3v) is 4.99. The smallest absolute Gasteiger partial charge is 0.222 e. The number of amides is 2. The number of rotatable bonds is 7. The highest BCUT2D eigenvalue weighted by atomic mass is 16.2. The van der Waals surface area contributed by atoms with E-state index in [9.17, 15) is 9.59 Å². The Morgan fingerprint density at radius 1 is 0.862 bits per heavy atom. The molecule has 0 fully saturated rings. The highest BCUT2D eigenvalue weighted by molar-refractivity contribution is 5.84. The van der Waals surface area contributed by atoms with Gasteiger partial charge in [0.1, 0.15) is 0 Å². The first-order valence-electron chi connectivity index (χ1n) is 9.78. The molecule has 0 aliphatic heterocycles. The molecule has 2 atom stereocenters. The number of benzene rings is 3. The lowest BCUT2D eigenvalue weighted by Gasteiger charge is -2.22. The van der Waals surface area contributed by atoms with E-state index >= 15 is 0 Å². The maximum Gasteiger partial charge on any atom is 0.222 e. The normalized spacial score (nSPS) is 12.9. The number of hydrogen-bond donors (Lipinski definition) is 3. The maximum absolute atomic E-state index is 12.8. The summed E-state index contributed by atoms with van der Waals surface area (Å²) < 4.78 is 0. The minimum Gasteiger partial charge on any atom is -0.349 e. The Kier molecular flexibility index (Phi) is 6.62. The maximum atomic E-state index is 12.8. The summed E-state index contributed by atoms with van der Waals surface area (Å²) in [4.78, 5) is 24.4. The molecule has 4 N–H and O–H groups in total. The second-order valence-corrected chi connectivity index (χ2v) is 7.33. The van der Waals surface area contributed by atoms with Crippen LogP contribution in [0.25, 0.3) is 10.8 Å². The summed E-state index contributed by atoms with van der Waals surface area (Å²) in [5.41, 5.74) is 8.94. The fourth-order valence-corrected chi connectivity index (χ4v) is 3.44. The average molecular weight is 389 g/mol. The number of carbonyl (C=O) groups excluding carboxylic acids is 2. The second-order valence-electron chi connectivity index (χ2n) is 7.33. The molecule has 3 aromatic carbocycles. The van der Waals surface area contributed by atoms with Gasteiger partial charge in [-0.3, -0.25) is 9.59 Å². The van der Waals surface area contributed by atoms with Gasteiger partial charge in [0, 0.05) is 13.5 Å². The van der Waals surface area contributed by atoms with Gasteiger partial charge in [0.25, 0.3) is 0 Å². The van der Waals surface area contributed by atoms with E-state index in [0.717, 1.165) is 27.5 Å². The molecule has 0 bridgehead atoms. The average Bonchev–Trinajstić information content (AvgIpc) is 2.71. The number of aryl methyl sites for hydroxylation is 1. The van der Waals surface area contributed by atoms with Crippen molar-refractivity contribution in [1.29, 1.82) is 0 Å². The van der Waals surface area contributed by atoms with E-state index < -0.39 is 0 Å². The van der Waals surface area contributed by atoms with Crippen LogP contribution in [0.15, 0.2) is 66.7 Å². The molecule has 0 aliphatic carbocycles. The molecule has 5 nitrogen and oxygen atoms in total. The fraction of sp³-hybridized carbons (Fsp3) is 0.250. The molecule has 3 rings (SSSR count). The first-order chi connectivity index (χ1) is 14.0. The van der Waals surface area contributed by atoms with Crippen LogP contribution in [0.5, 0.6) is 0 Å². The fourth-order valence-electron chi connectivity index (χ4n) is 3.44. The van der Waals surface area contributed by atoms with E-state index in [1.807, 2.05) is 61.5 Å². The molecule has 0 saturated carbocycles. The molecular formula is C24H27N3O2. The molecule has 0 saturated heterocycles. The van der Waals surface area contributed by atoms with Gasteiger partial charge < -0.3 is 16.4 Å². The number of fused-ring (bicyclic) bond motifs is 1. The Bertz CT molecular complexity index is 998. The van der Waals surface area contributed by atoms with E-state index in [0.29, 0.717) is 6.54 Å². The Morgan fingerprint density at radius 3 is 2.17 bits per heavy atom. The van der Waals surface area contributed by atoms with Crippen LogP contribution in [0.3, 0.4) is 0 Å². The minimum atomic E-state index is -0.386. The predicted octanol–water partition coefficient (Wildman–Crippen LogP) is 3.53. The molecule has 2 unspecified atom stereocenters. The molecule has 5 heteroatoms. The Balaban J connectivity index is 1.74. The van der Waals surface area contributed by atoms with Crippen molar-refractivity contribution in [1.82, 2.24) is 10.6 Å². The quantitative estimate of drug-likeness (QED) is 0.578. The SMILES string of the molecule is CC(=O)NC(CC(=O)NC(CN)c1ccc2ccccc2c1)c1ccc(C)cc1. The largest absolute Gasteiger partial charge is 0.349 e. The van der Waals surface area contributed by atoms with Crippen LogP contribution in [-0.4, -0.2) is 18.4 Å². The van der Waals surface area contributed by atoms with Crippen molar-refractivity contribution in [2.45, 2.75) is 32.4 Å². The zero-order valence-electron chi connectivity index (χ0n) is 16.8. The third-order valence-electron chi connectivity index (χ3n) is 4.99. The van der Waals surface area contributed by atoms with Gasteiger partial charge in [0.05, 0.1) is 18.5 Å². The van der Waals surface area contributed by atoms with Crippen molar-refractivity contribution in [3.05, 3.63) is 83.4 Å². The van der Waals surface area contributed by atoms with Gasteiger partial charge in [-0.1, -0.05) is 66.2 Å². The van der Waals surface area contributed by atoms with Crippen LogP contribution in [0.2, 0.25) is 0 Å². The first kappa shape index (κ1) is 20.6. The van der Waals surface area contributed by atoms with E-state index in [4.69, 9.17) is 5.73 Å². The zero-order chi connectivity index (χ0) is 20.8. The summed E-state index contributed by atoms with van der Waals surface area (Å²) >= 11 is 0. The molecule has 0 aromatic heterocycles. The Labute approximate surface area is 171 Å². The number of hydrogen-bond acceptors (Lipinski definition) is 3. The molecule has 2 amide bonds. The standard InChI is InChI=1S/C24H27N3O2/c1-16-7-9-19(10-8-16)22(26-17(2)28)14-24(29)27-23(15-25)21-12-11-18-5-3-4-6-20(18)13-21/h3-13,22-23H,14-15,25H2,1-2H3,(H,26,28)(H,27,29). The lowest BCUT2D eigenvalue weighted by atomic mass is 10.00. The van der Waals surface area contributed by atoms with Crippen molar-refractivity contribution < 1.29 is 9.59 Å². The van der Waals surface area contributed by atoms with Crippen LogP contribution < -0.4 is 16.4 Å². The number of nitrogens with two attached hydrogens (primary N) is 1. The van der Waals surface area contributed by atoms with E-state index in [-0.39, 0.29) is 30.3 Å². The lowest BCUT2D eigenvalue weighted by Crippen LogP contribution is -2.37. The number of nitrogens with one attached hydrogen (secondary N) is 2. The molecule has 0 radical (unpaired) electrons. The van der Waals surface area contributed by atoms with E-state index in [1.54, 1.807) is 0 Å². The minimum absolute atomic E-state index is 0.146.